The van der Waals surface area contributed by atoms with Crippen LogP contribution in [0.25, 0.3) is 5.70 Å². The van der Waals surface area contributed by atoms with E-state index < -0.39 is 0 Å². The van der Waals surface area contributed by atoms with Crippen LogP contribution in [0.15, 0.2) is 30.3 Å². The van der Waals surface area contributed by atoms with Gasteiger partial charge in [-0.3, -0.25) is 0 Å². The zero-order chi connectivity index (χ0) is 10.4. The summed E-state index contributed by atoms with van der Waals surface area (Å²) < 4.78 is 0. The molecule has 14 heavy (non-hydrogen) atoms. The van der Waals surface area contributed by atoms with Gasteiger partial charge in [0.05, 0.1) is 0 Å². The highest BCUT2D eigenvalue weighted by Crippen LogP contribution is 2.13. The van der Waals surface area contributed by atoms with Gasteiger partial charge >= 0.3 is 0 Å². The average Bonchev–Trinajstić information content (AvgIpc) is 2.26. The van der Waals surface area contributed by atoms with E-state index in [9.17, 15) is 0 Å². The zero-order valence-corrected chi connectivity index (χ0v) is 8.67. The van der Waals surface area contributed by atoms with Crippen LogP contribution in [0.2, 0.25) is 0 Å². The second-order valence-corrected chi connectivity index (χ2v) is 3.05. The fourth-order valence-corrected chi connectivity index (χ4v) is 1.37. The van der Waals surface area contributed by atoms with Crippen LogP contribution >= 0.6 is 0 Å². The van der Waals surface area contributed by atoms with Crippen LogP contribution in [0.5, 0.6) is 0 Å². The number of nitrogens with one attached hydrogen (secondary N) is 2. The van der Waals surface area contributed by atoms with E-state index in [1.807, 2.05) is 19.2 Å². The molecule has 0 aliphatic carbocycles. The lowest BCUT2D eigenvalue weighted by molar-refractivity contribution is 1.11. The standard InChI is InChI=1S/C12H16N2/c1-3-10-5-4-6-11(9-10)12(14-2)7-8-13/h4-9,13-14H,3H2,1-2H3/b12-7-,13-8?. The van der Waals surface area contributed by atoms with Crippen LogP contribution in [0.4, 0.5) is 0 Å². The van der Waals surface area contributed by atoms with Crippen LogP contribution < -0.4 is 5.32 Å². The molecule has 0 aliphatic heterocycles. The smallest absolute Gasteiger partial charge is 0.0426 e. The third-order valence-corrected chi connectivity index (χ3v) is 2.17. The molecule has 0 saturated heterocycles. The lowest BCUT2D eigenvalue weighted by Gasteiger charge is -2.07. The quantitative estimate of drug-likeness (QED) is 0.699. The molecule has 74 valence electrons. The van der Waals surface area contributed by atoms with Crippen molar-refractivity contribution in [3.63, 3.8) is 0 Å². The Morgan fingerprint density at radius 1 is 1.50 bits per heavy atom. The summed E-state index contributed by atoms with van der Waals surface area (Å²) in [5.74, 6) is 0. The molecule has 2 N–H and O–H groups in total. The van der Waals surface area contributed by atoms with E-state index in [1.54, 1.807) is 6.08 Å². The van der Waals surface area contributed by atoms with Crippen molar-refractivity contribution in [1.82, 2.24) is 5.32 Å². The van der Waals surface area contributed by atoms with E-state index in [2.05, 4.69) is 24.4 Å². The molecule has 0 unspecified atom stereocenters. The van der Waals surface area contributed by atoms with E-state index in [0.717, 1.165) is 17.7 Å². The van der Waals surface area contributed by atoms with Crippen LogP contribution in [0, 0.1) is 5.41 Å². The minimum absolute atomic E-state index is 0.982. The fourth-order valence-electron chi connectivity index (χ4n) is 1.37. The number of benzene rings is 1. The van der Waals surface area contributed by atoms with Crippen LogP contribution in [0.3, 0.4) is 0 Å². The molecule has 0 heterocycles. The van der Waals surface area contributed by atoms with E-state index in [-0.39, 0.29) is 0 Å². The van der Waals surface area contributed by atoms with Gasteiger partial charge in [-0.15, -0.1) is 0 Å². The van der Waals surface area contributed by atoms with Gasteiger partial charge in [-0.2, -0.15) is 0 Å². The van der Waals surface area contributed by atoms with Crippen LogP contribution in [-0.4, -0.2) is 13.3 Å². The first-order valence-corrected chi connectivity index (χ1v) is 4.79. The topological polar surface area (TPSA) is 35.9 Å². The summed E-state index contributed by atoms with van der Waals surface area (Å²) in [6, 6.07) is 8.35. The van der Waals surface area contributed by atoms with Crippen molar-refractivity contribution in [3.05, 3.63) is 41.5 Å². The maximum absolute atomic E-state index is 7.04. The monoisotopic (exact) mass is 188 g/mol. The van der Waals surface area contributed by atoms with Crippen molar-refractivity contribution in [3.8, 4) is 0 Å². The first-order chi connectivity index (χ1) is 6.81. The highest BCUT2D eigenvalue weighted by atomic mass is 14.8. The Balaban J connectivity index is 3.04. The summed E-state index contributed by atoms with van der Waals surface area (Å²) in [4.78, 5) is 0. The van der Waals surface area contributed by atoms with Gasteiger partial charge in [-0.25, -0.2) is 0 Å². The second-order valence-electron chi connectivity index (χ2n) is 3.05. The van der Waals surface area contributed by atoms with E-state index >= 15 is 0 Å². The molecule has 0 aliphatic rings. The Labute approximate surface area is 85.2 Å². The Kier molecular flexibility index (Phi) is 3.92. The largest absolute Gasteiger partial charge is 0.388 e. The maximum Gasteiger partial charge on any atom is 0.0426 e. The van der Waals surface area contributed by atoms with E-state index in [0.29, 0.717) is 0 Å². The molecule has 0 atom stereocenters. The van der Waals surface area contributed by atoms with Gasteiger partial charge in [0.25, 0.3) is 0 Å². The molecule has 2 nitrogen and oxygen atoms in total. The van der Waals surface area contributed by atoms with Crippen molar-refractivity contribution < 1.29 is 0 Å². The minimum atomic E-state index is 0.982. The summed E-state index contributed by atoms with van der Waals surface area (Å²) in [6.07, 6.45) is 4.09. The number of hydrogen-bond donors (Lipinski definition) is 2. The molecule has 2 heteroatoms. The highest BCUT2D eigenvalue weighted by molar-refractivity contribution is 5.82. The van der Waals surface area contributed by atoms with E-state index in [4.69, 9.17) is 5.41 Å². The van der Waals surface area contributed by atoms with Gasteiger partial charge in [0, 0.05) is 19.0 Å². The first-order valence-electron chi connectivity index (χ1n) is 4.79. The van der Waals surface area contributed by atoms with Gasteiger partial charge in [0.15, 0.2) is 0 Å². The Morgan fingerprint density at radius 2 is 2.29 bits per heavy atom. The van der Waals surface area contributed by atoms with Crippen LogP contribution in [-0.2, 0) is 6.42 Å². The third kappa shape index (κ3) is 2.46. The third-order valence-electron chi connectivity index (χ3n) is 2.17. The molecular formula is C12H16N2. The van der Waals surface area contributed by atoms with Crippen molar-refractivity contribution in [2.75, 3.05) is 7.05 Å². The molecule has 0 bridgehead atoms. The number of aryl methyl sites for hydroxylation is 1. The predicted molar refractivity (Wildman–Crippen MR) is 61.6 cm³/mol. The van der Waals surface area contributed by atoms with Crippen molar-refractivity contribution in [1.29, 1.82) is 5.41 Å². The second kappa shape index (κ2) is 5.22. The number of allylic oxidation sites excluding steroid dienone is 1. The van der Waals surface area contributed by atoms with Crippen LogP contribution in [0.1, 0.15) is 18.1 Å². The molecule has 0 amide bonds. The highest BCUT2D eigenvalue weighted by Gasteiger charge is 1.98. The van der Waals surface area contributed by atoms with E-state index in [1.165, 1.54) is 11.8 Å². The maximum atomic E-state index is 7.04. The average molecular weight is 188 g/mol. The van der Waals surface area contributed by atoms with Crippen molar-refractivity contribution in [2.45, 2.75) is 13.3 Å². The molecule has 1 rings (SSSR count). The zero-order valence-electron chi connectivity index (χ0n) is 8.67. The SMILES string of the molecule is CCc1cccc(/C(=C/C=N)NC)c1. The summed E-state index contributed by atoms with van der Waals surface area (Å²) in [7, 11) is 1.87. The van der Waals surface area contributed by atoms with Crippen molar-refractivity contribution >= 4 is 11.9 Å². The van der Waals surface area contributed by atoms with Crippen molar-refractivity contribution in [2.24, 2.45) is 0 Å². The van der Waals surface area contributed by atoms with Gasteiger partial charge in [0.1, 0.15) is 0 Å². The normalized spacial score (nSPS) is 11.1. The summed E-state index contributed by atoms with van der Waals surface area (Å²) in [5, 5.41) is 10.1. The number of hydrogen-bond acceptors (Lipinski definition) is 2. The molecule has 0 aromatic heterocycles. The molecule has 0 spiro atoms. The molecule has 0 fully saturated rings. The Morgan fingerprint density at radius 3 is 2.86 bits per heavy atom. The minimum Gasteiger partial charge on any atom is -0.388 e. The predicted octanol–water partition coefficient (Wildman–Crippen LogP) is 2.46. The molecular weight excluding hydrogens is 172 g/mol. The first kappa shape index (κ1) is 10.5. The molecule has 1 aromatic rings. The molecule has 1 aromatic carbocycles. The number of rotatable bonds is 4. The Hall–Kier alpha value is -1.57. The fraction of sp³-hybridized carbons (Fsp3) is 0.250. The summed E-state index contributed by atoms with van der Waals surface area (Å²) in [6.45, 7) is 2.14. The van der Waals surface area contributed by atoms with Gasteiger partial charge < -0.3 is 10.7 Å². The summed E-state index contributed by atoms with van der Waals surface area (Å²) >= 11 is 0. The van der Waals surface area contributed by atoms with Gasteiger partial charge in [-0.1, -0.05) is 25.1 Å². The van der Waals surface area contributed by atoms with Gasteiger partial charge in [-0.05, 0) is 29.7 Å². The molecule has 0 radical (unpaired) electrons. The Bertz CT molecular complexity index is 340. The lowest BCUT2D eigenvalue weighted by Crippen LogP contribution is -2.05. The lowest BCUT2D eigenvalue weighted by atomic mass is 10.1. The van der Waals surface area contributed by atoms with Gasteiger partial charge in [0.2, 0.25) is 0 Å². The molecule has 0 saturated carbocycles. The summed E-state index contributed by atoms with van der Waals surface area (Å²) in [5.41, 5.74) is 3.43.